The first-order valence-corrected chi connectivity index (χ1v) is 5.08. The first kappa shape index (κ1) is 12.6. The van der Waals surface area contributed by atoms with Gasteiger partial charge in [-0.2, -0.15) is 0 Å². The van der Waals surface area contributed by atoms with Gasteiger partial charge >= 0.3 is 0 Å². The summed E-state index contributed by atoms with van der Waals surface area (Å²) < 4.78 is 0. The molecule has 0 aromatic carbocycles. The van der Waals surface area contributed by atoms with Gasteiger partial charge in [0.05, 0.1) is 0 Å². The molecular weight excluding hydrogens is 162 g/mol. The van der Waals surface area contributed by atoms with Gasteiger partial charge < -0.3 is 4.90 Å². The minimum Gasteiger partial charge on any atom is -0.310 e. The van der Waals surface area contributed by atoms with Crippen LogP contribution in [0.4, 0.5) is 0 Å². The van der Waals surface area contributed by atoms with Crippen molar-refractivity contribution in [1.82, 2.24) is 4.90 Å². The van der Waals surface area contributed by atoms with Crippen molar-refractivity contribution >= 4 is 5.78 Å². The molecule has 0 amide bonds. The third kappa shape index (κ3) is 5.04. The van der Waals surface area contributed by atoms with E-state index in [9.17, 15) is 4.79 Å². The van der Waals surface area contributed by atoms with E-state index in [1.54, 1.807) is 0 Å². The molecule has 13 heavy (non-hydrogen) atoms. The van der Waals surface area contributed by atoms with Crippen LogP contribution in [0.3, 0.4) is 0 Å². The van der Waals surface area contributed by atoms with Crippen LogP contribution < -0.4 is 0 Å². The van der Waals surface area contributed by atoms with E-state index in [1.165, 1.54) is 0 Å². The Morgan fingerprint density at radius 3 is 1.92 bits per heavy atom. The molecule has 0 aliphatic heterocycles. The number of nitrogens with zero attached hydrogens (tertiary/aromatic N) is 1. The Morgan fingerprint density at radius 2 is 1.85 bits per heavy atom. The molecule has 0 N–H and O–H groups in total. The summed E-state index contributed by atoms with van der Waals surface area (Å²) >= 11 is 0. The van der Waals surface area contributed by atoms with Gasteiger partial charge in [-0.3, -0.25) is 4.79 Å². The van der Waals surface area contributed by atoms with Crippen LogP contribution in [0.2, 0.25) is 0 Å². The van der Waals surface area contributed by atoms with Gasteiger partial charge in [-0.25, -0.2) is 0 Å². The lowest BCUT2D eigenvalue weighted by Crippen LogP contribution is -2.15. The number of hydrogen-bond acceptors (Lipinski definition) is 2. The van der Waals surface area contributed by atoms with Gasteiger partial charge in [0.2, 0.25) is 0 Å². The van der Waals surface area contributed by atoms with Gasteiger partial charge in [0, 0.05) is 11.8 Å². The lowest BCUT2D eigenvalue weighted by Gasteiger charge is -2.12. The van der Waals surface area contributed by atoms with Crippen molar-refractivity contribution in [3.63, 3.8) is 0 Å². The molecule has 1 aliphatic rings. The van der Waals surface area contributed by atoms with Crippen LogP contribution in [0.25, 0.3) is 0 Å². The summed E-state index contributed by atoms with van der Waals surface area (Å²) in [6, 6.07) is 0. The van der Waals surface area contributed by atoms with Gasteiger partial charge in [0.1, 0.15) is 5.78 Å². The van der Waals surface area contributed by atoms with Crippen LogP contribution in [0.5, 0.6) is 0 Å². The van der Waals surface area contributed by atoms with E-state index in [0.717, 1.165) is 25.8 Å². The van der Waals surface area contributed by atoms with E-state index in [2.05, 4.69) is 25.9 Å². The highest BCUT2D eigenvalue weighted by molar-refractivity contribution is 5.85. The highest BCUT2D eigenvalue weighted by Gasteiger charge is 2.31. The van der Waals surface area contributed by atoms with Gasteiger partial charge in [-0.15, -0.1) is 0 Å². The Balaban J connectivity index is 0.000000252. The molecule has 1 aliphatic carbocycles. The summed E-state index contributed by atoms with van der Waals surface area (Å²) in [7, 11) is 4.11. The molecule has 0 unspecified atom stereocenters. The summed E-state index contributed by atoms with van der Waals surface area (Å²) in [5.74, 6) is 0.442. The molecule has 0 saturated heterocycles. The summed E-state index contributed by atoms with van der Waals surface area (Å²) in [6.07, 6.45) is 3.00. The predicted octanol–water partition coefficient (Wildman–Crippen LogP) is 2.33. The van der Waals surface area contributed by atoms with E-state index in [4.69, 9.17) is 0 Å². The molecule has 78 valence electrons. The van der Waals surface area contributed by atoms with Crippen molar-refractivity contribution in [2.75, 3.05) is 20.6 Å². The Labute approximate surface area is 82.3 Å². The molecule has 1 fully saturated rings. The maximum atomic E-state index is 10.9. The smallest absolute Gasteiger partial charge is 0.138 e. The third-order valence-electron chi connectivity index (χ3n) is 2.59. The van der Waals surface area contributed by atoms with Crippen LogP contribution in [-0.2, 0) is 4.79 Å². The number of carbonyl (C=O) groups is 1. The molecule has 0 aromatic heterocycles. The summed E-state index contributed by atoms with van der Waals surface area (Å²) in [5, 5.41) is 0. The van der Waals surface area contributed by atoms with Crippen molar-refractivity contribution in [2.45, 2.75) is 40.0 Å². The average molecular weight is 185 g/mol. The molecule has 1 rings (SSSR count). The van der Waals surface area contributed by atoms with Gasteiger partial charge in [0.25, 0.3) is 0 Å². The maximum absolute atomic E-state index is 10.9. The number of hydrogen-bond donors (Lipinski definition) is 0. The van der Waals surface area contributed by atoms with Crippen LogP contribution >= 0.6 is 0 Å². The van der Waals surface area contributed by atoms with Gasteiger partial charge in [-0.1, -0.05) is 20.8 Å². The average Bonchev–Trinajstić information content (AvgIpc) is 2.32. The van der Waals surface area contributed by atoms with Crippen LogP contribution in [0.1, 0.15) is 40.0 Å². The predicted molar refractivity (Wildman–Crippen MR) is 56.9 cm³/mol. The zero-order valence-electron chi connectivity index (χ0n) is 9.68. The molecule has 0 heterocycles. The number of ketones is 1. The SMILES string of the molecule is CC1(C)CCCC1=O.CCN(C)C. The standard InChI is InChI=1S/C7H12O.C4H11N/c1-7(2)5-3-4-6(7)8;1-4-5(2)3/h3-5H2,1-2H3;4H2,1-3H3. The van der Waals surface area contributed by atoms with E-state index in [-0.39, 0.29) is 5.41 Å². The molecular formula is C11H23NO. The van der Waals surface area contributed by atoms with Crippen molar-refractivity contribution in [3.05, 3.63) is 0 Å². The van der Waals surface area contributed by atoms with Crippen LogP contribution in [-0.4, -0.2) is 31.3 Å². The van der Waals surface area contributed by atoms with Crippen LogP contribution in [0.15, 0.2) is 0 Å². The second kappa shape index (κ2) is 5.38. The Kier molecular flexibility index (Phi) is 5.23. The lowest BCUT2D eigenvalue weighted by atomic mass is 9.91. The normalized spacial score (nSPS) is 20.0. The quantitative estimate of drug-likeness (QED) is 0.625. The second-order valence-corrected chi connectivity index (χ2v) is 4.56. The molecule has 0 bridgehead atoms. The van der Waals surface area contributed by atoms with Crippen LogP contribution in [0, 0.1) is 5.41 Å². The maximum Gasteiger partial charge on any atom is 0.138 e. The summed E-state index contributed by atoms with van der Waals surface area (Å²) in [4.78, 5) is 13.0. The summed E-state index contributed by atoms with van der Waals surface area (Å²) in [5.41, 5.74) is 0.0139. The van der Waals surface area contributed by atoms with Crippen molar-refractivity contribution in [2.24, 2.45) is 5.41 Å². The minimum absolute atomic E-state index is 0.0139. The fourth-order valence-electron chi connectivity index (χ4n) is 1.17. The summed E-state index contributed by atoms with van der Waals surface area (Å²) in [6.45, 7) is 7.32. The molecule has 2 heteroatoms. The van der Waals surface area contributed by atoms with Gasteiger partial charge in [0.15, 0.2) is 0 Å². The fourth-order valence-corrected chi connectivity index (χ4v) is 1.17. The monoisotopic (exact) mass is 185 g/mol. The Bertz CT molecular complexity index is 161. The first-order valence-electron chi connectivity index (χ1n) is 5.08. The minimum atomic E-state index is 0.0139. The molecule has 0 spiro atoms. The second-order valence-electron chi connectivity index (χ2n) is 4.56. The highest BCUT2D eigenvalue weighted by Crippen LogP contribution is 2.32. The lowest BCUT2D eigenvalue weighted by molar-refractivity contribution is -0.124. The van der Waals surface area contributed by atoms with E-state index in [1.807, 2.05) is 13.8 Å². The molecule has 1 saturated carbocycles. The molecule has 0 radical (unpaired) electrons. The number of Topliss-reactive ketones (excluding diaryl/α,β-unsaturated/α-hetero) is 1. The van der Waals surface area contributed by atoms with Crippen molar-refractivity contribution in [1.29, 1.82) is 0 Å². The topological polar surface area (TPSA) is 20.3 Å². The van der Waals surface area contributed by atoms with E-state index >= 15 is 0 Å². The molecule has 2 nitrogen and oxygen atoms in total. The molecule has 0 atom stereocenters. The van der Waals surface area contributed by atoms with Gasteiger partial charge in [-0.05, 0) is 33.5 Å². The highest BCUT2D eigenvalue weighted by atomic mass is 16.1. The zero-order chi connectivity index (χ0) is 10.5. The van der Waals surface area contributed by atoms with E-state index < -0.39 is 0 Å². The van der Waals surface area contributed by atoms with Crippen molar-refractivity contribution < 1.29 is 4.79 Å². The fraction of sp³-hybridized carbons (Fsp3) is 0.909. The number of rotatable bonds is 1. The third-order valence-corrected chi connectivity index (χ3v) is 2.59. The van der Waals surface area contributed by atoms with E-state index in [0.29, 0.717) is 5.78 Å². The Morgan fingerprint density at radius 1 is 1.38 bits per heavy atom. The Hall–Kier alpha value is -0.370. The zero-order valence-corrected chi connectivity index (χ0v) is 9.68. The van der Waals surface area contributed by atoms with Crippen molar-refractivity contribution in [3.8, 4) is 0 Å². The number of carbonyl (C=O) groups excluding carboxylic acids is 1. The first-order chi connectivity index (χ1) is 5.90. The largest absolute Gasteiger partial charge is 0.310 e. The molecule has 0 aromatic rings.